The van der Waals surface area contributed by atoms with Crippen molar-refractivity contribution in [3.8, 4) is 11.1 Å². The van der Waals surface area contributed by atoms with E-state index in [0.29, 0.717) is 18.1 Å². The molecule has 1 unspecified atom stereocenters. The SMILES string of the molecule is CC(C)(C)OC(=O)NCCCc1cccc(C(O)c2cc(Cl)ccc2NCc2ccc(-c3ccccc3)cc2)c1. The maximum atomic E-state index is 11.9. The summed E-state index contributed by atoms with van der Waals surface area (Å²) in [6.45, 7) is 6.64. The van der Waals surface area contributed by atoms with Crippen LogP contribution in [0.3, 0.4) is 0 Å². The highest BCUT2D eigenvalue weighted by Gasteiger charge is 2.17. The second kappa shape index (κ2) is 13.5. The van der Waals surface area contributed by atoms with E-state index in [-0.39, 0.29) is 0 Å². The third kappa shape index (κ3) is 8.60. The van der Waals surface area contributed by atoms with Crippen molar-refractivity contribution in [2.45, 2.75) is 51.9 Å². The summed E-state index contributed by atoms with van der Waals surface area (Å²) in [6, 6.07) is 32.2. The summed E-state index contributed by atoms with van der Waals surface area (Å²) < 4.78 is 5.28. The van der Waals surface area contributed by atoms with E-state index in [0.717, 1.165) is 40.8 Å². The van der Waals surface area contributed by atoms with Gasteiger partial charge in [0.05, 0.1) is 0 Å². The number of ether oxygens (including phenoxy) is 1. The Labute approximate surface area is 242 Å². The number of aliphatic hydroxyl groups excluding tert-OH is 1. The topological polar surface area (TPSA) is 70.6 Å². The van der Waals surface area contributed by atoms with Crippen molar-refractivity contribution in [1.82, 2.24) is 5.32 Å². The van der Waals surface area contributed by atoms with Gasteiger partial charge in [-0.25, -0.2) is 4.79 Å². The Morgan fingerprint density at radius 1 is 0.875 bits per heavy atom. The Bertz CT molecular complexity index is 1400. The number of halogens is 1. The van der Waals surface area contributed by atoms with Gasteiger partial charge < -0.3 is 20.5 Å². The Morgan fingerprint density at radius 2 is 1.60 bits per heavy atom. The van der Waals surface area contributed by atoms with Gasteiger partial charge >= 0.3 is 6.09 Å². The van der Waals surface area contributed by atoms with E-state index in [9.17, 15) is 9.90 Å². The van der Waals surface area contributed by atoms with Crippen LogP contribution in [-0.2, 0) is 17.7 Å². The molecule has 0 heterocycles. The Balaban J connectivity index is 1.38. The Kier molecular flexibility index (Phi) is 9.86. The van der Waals surface area contributed by atoms with Gasteiger partial charge in [0.2, 0.25) is 0 Å². The number of nitrogens with one attached hydrogen (secondary N) is 2. The maximum absolute atomic E-state index is 11.9. The largest absolute Gasteiger partial charge is 0.444 e. The first kappa shape index (κ1) is 29.2. The van der Waals surface area contributed by atoms with Crippen molar-refractivity contribution in [2.75, 3.05) is 11.9 Å². The predicted octanol–water partition coefficient (Wildman–Crippen LogP) is 8.16. The zero-order valence-electron chi connectivity index (χ0n) is 23.3. The number of hydrogen-bond acceptors (Lipinski definition) is 4. The van der Waals surface area contributed by atoms with Crippen LogP contribution in [0.5, 0.6) is 0 Å². The molecule has 0 saturated heterocycles. The van der Waals surface area contributed by atoms with Crippen LogP contribution < -0.4 is 10.6 Å². The number of aliphatic hydroxyl groups is 1. The second-order valence-electron chi connectivity index (χ2n) is 10.8. The molecule has 0 bridgehead atoms. The van der Waals surface area contributed by atoms with Gasteiger partial charge in [-0.2, -0.15) is 0 Å². The van der Waals surface area contributed by atoms with E-state index in [2.05, 4.69) is 47.0 Å². The van der Waals surface area contributed by atoms with Crippen molar-refractivity contribution < 1.29 is 14.6 Å². The van der Waals surface area contributed by atoms with Crippen LogP contribution >= 0.6 is 11.6 Å². The highest BCUT2D eigenvalue weighted by atomic mass is 35.5. The monoisotopic (exact) mass is 556 g/mol. The van der Waals surface area contributed by atoms with Crippen LogP contribution in [0, 0.1) is 0 Å². The van der Waals surface area contributed by atoms with Crippen LogP contribution in [0.4, 0.5) is 10.5 Å². The maximum Gasteiger partial charge on any atom is 0.407 e. The van der Waals surface area contributed by atoms with Crippen LogP contribution in [0.15, 0.2) is 97.1 Å². The third-order valence-electron chi connectivity index (χ3n) is 6.43. The lowest BCUT2D eigenvalue weighted by molar-refractivity contribution is 0.0527. The summed E-state index contributed by atoms with van der Waals surface area (Å²) in [6.07, 6.45) is 0.258. The summed E-state index contributed by atoms with van der Waals surface area (Å²) in [5, 5.41) is 18.2. The van der Waals surface area contributed by atoms with Crippen LogP contribution in [0.25, 0.3) is 11.1 Å². The Hall–Kier alpha value is -3.80. The van der Waals surface area contributed by atoms with Crippen molar-refractivity contribution >= 4 is 23.4 Å². The van der Waals surface area contributed by atoms with Gasteiger partial charge in [0.15, 0.2) is 0 Å². The quantitative estimate of drug-likeness (QED) is 0.172. The lowest BCUT2D eigenvalue weighted by Gasteiger charge is -2.20. The molecular formula is C34H37ClN2O3. The minimum absolute atomic E-state index is 0.412. The average molecular weight is 557 g/mol. The highest BCUT2D eigenvalue weighted by molar-refractivity contribution is 6.30. The van der Waals surface area contributed by atoms with Crippen LogP contribution in [-0.4, -0.2) is 23.3 Å². The van der Waals surface area contributed by atoms with Gasteiger partial charge in [-0.1, -0.05) is 90.5 Å². The molecule has 1 amide bonds. The molecule has 6 heteroatoms. The van der Waals surface area contributed by atoms with Gasteiger partial charge in [-0.15, -0.1) is 0 Å². The minimum Gasteiger partial charge on any atom is -0.444 e. The molecule has 3 N–H and O–H groups in total. The summed E-state index contributed by atoms with van der Waals surface area (Å²) in [4.78, 5) is 11.9. The van der Waals surface area contributed by atoms with Gasteiger partial charge in [0, 0.05) is 29.4 Å². The van der Waals surface area contributed by atoms with Crippen molar-refractivity contribution in [1.29, 1.82) is 0 Å². The molecule has 0 aliphatic heterocycles. The summed E-state index contributed by atoms with van der Waals surface area (Å²) in [5.41, 5.74) is 6.40. The van der Waals surface area contributed by atoms with Gasteiger partial charge in [-0.05, 0) is 79.6 Å². The second-order valence-corrected chi connectivity index (χ2v) is 11.3. The van der Waals surface area contributed by atoms with E-state index < -0.39 is 17.8 Å². The van der Waals surface area contributed by atoms with E-state index >= 15 is 0 Å². The molecule has 4 aromatic rings. The predicted molar refractivity (Wildman–Crippen MR) is 164 cm³/mol. The number of anilines is 1. The number of rotatable bonds is 10. The highest BCUT2D eigenvalue weighted by Crippen LogP contribution is 2.32. The number of carbonyl (C=O) groups is 1. The Morgan fingerprint density at radius 3 is 2.33 bits per heavy atom. The molecule has 4 aromatic carbocycles. The number of alkyl carbamates (subject to hydrolysis) is 1. The molecule has 40 heavy (non-hydrogen) atoms. The summed E-state index contributed by atoms with van der Waals surface area (Å²) >= 11 is 6.34. The summed E-state index contributed by atoms with van der Waals surface area (Å²) in [7, 11) is 0. The van der Waals surface area contributed by atoms with E-state index in [1.54, 1.807) is 0 Å². The fraction of sp³-hybridized carbons (Fsp3) is 0.265. The molecular weight excluding hydrogens is 520 g/mol. The normalized spacial score (nSPS) is 12.0. The zero-order chi connectivity index (χ0) is 28.5. The summed E-state index contributed by atoms with van der Waals surface area (Å²) in [5.74, 6) is 0. The molecule has 0 aliphatic carbocycles. The minimum atomic E-state index is -0.846. The van der Waals surface area contributed by atoms with Gasteiger partial charge in [-0.3, -0.25) is 0 Å². The molecule has 0 saturated carbocycles. The molecule has 1 atom stereocenters. The first-order chi connectivity index (χ1) is 19.2. The number of amides is 1. The number of hydrogen-bond donors (Lipinski definition) is 3. The lowest BCUT2D eigenvalue weighted by atomic mass is 9.97. The molecule has 5 nitrogen and oxygen atoms in total. The van der Waals surface area contributed by atoms with Crippen LogP contribution in [0.1, 0.15) is 55.5 Å². The number of benzene rings is 4. The van der Waals surface area contributed by atoms with Crippen molar-refractivity contribution in [2.24, 2.45) is 0 Å². The van der Waals surface area contributed by atoms with E-state index in [1.165, 1.54) is 11.1 Å². The van der Waals surface area contributed by atoms with Gasteiger partial charge in [0.1, 0.15) is 11.7 Å². The first-order valence-electron chi connectivity index (χ1n) is 13.6. The molecule has 208 valence electrons. The van der Waals surface area contributed by atoms with Gasteiger partial charge in [0.25, 0.3) is 0 Å². The van der Waals surface area contributed by atoms with Crippen molar-refractivity contribution in [3.63, 3.8) is 0 Å². The standard InChI is InChI=1S/C34H37ClN2O3/c1-34(2,3)40-33(39)36-20-8-10-24-9-7-13-28(21-24)32(38)30-22-29(35)18-19-31(30)37-23-25-14-16-27(17-15-25)26-11-5-4-6-12-26/h4-7,9,11-19,21-22,32,37-38H,8,10,20,23H2,1-3H3,(H,36,39). The van der Waals surface area contributed by atoms with Crippen molar-refractivity contribution in [3.05, 3.63) is 124 Å². The van der Waals surface area contributed by atoms with Crippen LogP contribution in [0.2, 0.25) is 5.02 Å². The van der Waals surface area contributed by atoms with E-state index in [1.807, 2.05) is 81.4 Å². The molecule has 0 radical (unpaired) electrons. The van der Waals surface area contributed by atoms with E-state index in [4.69, 9.17) is 16.3 Å². The molecule has 0 spiro atoms. The average Bonchev–Trinajstić information content (AvgIpc) is 2.94. The molecule has 0 aliphatic rings. The first-order valence-corrected chi connectivity index (χ1v) is 14.0. The fourth-order valence-corrected chi connectivity index (χ4v) is 4.64. The molecule has 0 fully saturated rings. The zero-order valence-corrected chi connectivity index (χ0v) is 24.0. The fourth-order valence-electron chi connectivity index (χ4n) is 4.46. The lowest BCUT2D eigenvalue weighted by Crippen LogP contribution is -2.33. The number of aryl methyl sites for hydroxylation is 1. The molecule has 0 aromatic heterocycles. The number of carbonyl (C=O) groups excluding carboxylic acids is 1. The molecule has 4 rings (SSSR count). The smallest absolute Gasteiger partial charge is 0.407 e. The third-order valence-corrected chi connectivity index (χ3v) is 6.66.